The van der Waals surface area contributed by atoms with E-state index in [4.69, 9.17) is 5.11 Å². The second-order valence-electron chi connectivity index (χ2n) is 4.05. The first kappa shape index (κ1) is 15.9. The Labute approximate surface area is 115 Å². The van der Waals surface area contributed by atoms with Crippen molar-refractivity contribution in [2.45, 2.75) is 18.2 Å². The van der Waals surface area contributed by atoms with Gasteiger partial charge in [-0.1, -0.05) is 6.07 Å². The van der Waals surface area contributed by atoms with Crippen molar-refractivity contribution < 1.29 is 18.7 Å². The number of alkyl halides is 2. The molecule has 1 N–H and O–H groups in total. The molecule has 0 bridgehead atoms. The van der Waals surface area contributed by atoms with Gasteiger partial charge in [0.1, 0.15) is 0 Å². The van der Waals surface area contributed by atoms with Crippen molar-refractivity contribution >= 4 is 17.7 Å². The van der Waals surface area contributed by atoms with E-state index >= 15 is 0 Å². The number of hydrogen-bond donors (Lipinski definition) is 1. The fourth-order valence-electron chi connectivity index (χ4n) is 1.69. The van der Waals surface area contributed by atoms with Gasteiger partial charge in [-0.15, -0.1) is 11.8 Å². The predicted molar refractivity (Wildman–Crippen MR) is 72.0 cm³/mol. The van der Waals surface area contributed by atoms with E-state index in [1.165, 1.54) is 11.8 Å². The van der Waals surface area contributed by atoms with Gasteiger partial charge in [0, 0.05) is 17.0 Å². The number of aliphatic hydroxyl groups excluding tert-OH is 1. The number of carbonyl (C=O) groups excluding carboxylic acids is 1. The second-order valence-corrected chi connectivity index (χ2v) is 4.93. The van der Waals surface area contributed by atoms with Crippen molar-refractivity contribution in [3.63, 3.8) is 0 Å². The summed E-state index contributed by atoms with van der Waals surface area (Å²) < 4.78 is 24.9. The second kappa shape index (κ2) is 7.45. The van der Waals surface area contributed by atoms with Gasteiger partial charge in [0.05, 0.1) is 13.2 Å². The van der Waals surface area contributed by atoms with Gasteiger partial charge in [0.2, 0.25) is 0 Å². The standard InChI is InChI=1S/C13H17F2NO2S/c1-9-3-4-10(19-2)7-11(9)13(18)16(5-6-17)8-12(14)15/h3-4,7,12,17H,5-6,8H2,1-2H3. The number of aryl methyl sites for hydroxylation is 1. The first-order chi connectivity index (χ1) is 8.99. The third-order valence-electron chi connectivity index (χ3n) is 2.69. The molecule has 0 saturated carbocycles. The summed E-state index contributed by atoms with van der Waals surface area (Å²) in [6.07, 6.45) is -0.733. The smallest absolute Gasteiger partial charge is 0.255 e. The lowest BCUT2D eigenvalue weighted by molar-refractivity contribution is 0.0508. The molecule has 0 radical (unpaired) electrons. The number of halogens is 2. The minimum Gasteiger partial charge on any atom is -0.395 e. The molecule has 1 rings (SSSR count). The van der Waals surface area contributed by atoms with Crippen molar-refractivity contribution in [2.75, 3.05) is 26.0 Å². The van der Waals surface area contributed by atoms with Crippen LogP contribution in [0.3, 0.4) is 0 Å². The van der Waals surface area contributed by atoms with Crippen LogP contribution in [0.2, 0.25) is 0 Å². The molecule has 0 aliphatic carbocycles. The largest absolute Gasteiger partial charge is 0.395 e. The number of thioether (sulfide) groups is 1. The Kier molecular flexibility index (Phi) is 6.24. The van der Waals surface area contributed by atoms with Crippen molar-refractivity contribution in [3.05, 3.63) is 29.3 Å². The van der Waals surface area contributed by atoms with E-state index in [0.717, 1.165) is 15.4 Å². The lowest BCUT2D eigenvalue weighted by Gasteiger charge is -2.22. The van der Waals surface area contributed by atoms with Crippen molar-refractivity contribution in [1.82, 2.24) is 4.90 Å². The first-order valence-electron chi connectivity index (χ1n) is 5.82. The molecule has 0 aromatic heterocycles. The average molecular weight is 289 g/mol. The molecule has 6 heteroatoms. The molecule has 0 saturated heterocycles. The number of carbonyl (C=O) groups is 1. The number of rotatable bonds is 6. The first-order valence-corrected chi connectivity index (χ1v) is 7.05. The van der Waals surface area contributed by atoms with Crippen LogP contribution in [0.4, 0.5) is 8.78 Å². The molecule has 0 heterocycles. The van der Waals surface area contributed by atoms with Crippen molar-refractivity contribution in [2.24, 2.45) is 0 Å². The molecule has 19 heavy (non-hydrogen) atoms. The van der Waals surface area contributed by atoms with Crippen LogP contribution in [-0.2, 0) is 0 Å². The minimum atomic E-state index is -2.61. The SMILES string of the molecule is CSc1ccc(C)c(C(=O)N(CCO)CC(F)F)c1. The summed E-state index contributed by atoms with van der Waals surface area (Å²) in [5.74, 6) is -0.470. The van der Waals surface area contributed by atoms with Crippen LogP contribution in [0, 0.1) is 6.92 Å². The van der Waals surface area contributed by atoms with Crippen LogP contribution in [0.15, 0.2) is 23.1 Å². The van der Waals surface area contributed by atoms with Gasteiger partial charge in [-0.2, -0.15) is 0 Å². The Morgan fingerprint density at radius 2 is 2.16 bits per heavy atom. The lowest BCUT2D eigenvalue weighted by Crippen LogP contribution is -2.37. The maximum Gasteiger partial charge on any atom is 0.255 e. The fourth-order valence-corrected chi connectivity index (χ4v) is 2.13. The van der Waals surface area contributed by atoms with Crippen LogP contribution in [0.25, 0.3) is 0 Å². The molecule has 1 aromatic rings. The van der Waals surface area contributed by atoms with E-state index in [-0.39, 0.29) is 13.2 Å². The molecular weight excluding hydrogens is 272 g/mol. The molecule has 0 aliphatic rings. The van der Waals surface area contributed by atoms with Gasteiger partial charge in [-0.05, 0) is 30.9 Å². The van der Waals surface area contributed by atoms with Crippen LogP contribution >= 0.6 is 11.8 Å². The highest BCUT2D eigenvalue weighted by Gasteiger charge is 2.20. The average Bonchev–Trinajstić information content (AvgIpc) is 2.37. The van der Waals surface area contributed by atoms with Crippen molar-refractivity contribution in [3.8, 4) is 0 Å². The molecule has 1 aromatic carbocycles. The van der Waals surface area contributed by atoms with Crippen LogP contribution in [0.5, 0.6) is 0 Å². The molecule has 0 fully saturated rings. The van der Waals surface area contributed by atoms with E-state index in [1.807, 2.05) is 12.3 Å². The number of hydrogen-bond acceptors (Lipinski definition) is 3. The van der Waals surface area contributed by atoms with Gasteiger partial charge in [-0.25, -0.2) is 8.78 Å². The van der Waals surface area contributed by atoms with E-state index in [1.54, 1.807) is 19.1 Å². The van der Waals surface area contributed by atoms with Gasteiger partial charge in [0.25, 0.3) is 12.3 Å². The monoisotopic (exact) mass is 289 g/mol. The molecule has 0 unspecified atom stereocenters. The highest BCUT2D eigenvalue weighted by atomic mass is 32.2. The molecule has 1 amide bonds. The zero-order valence-electron chi connectivity index (χ0n) is 10.9. The summed E-state index contributed by atoms with van der Waals surface area (Å²) in [4.78, 5) is 14.1. The highest BCUT2D eigenvalue weighted by Crippen LogP contribution is 2.20. The van der Waals surface area contributed by atoms with Crippen LogP contribution in [-0.4, -0.2) is 48.3 Å². The molecule has 0 spiro atoms. The summed E-state index contributed by atoms with van der Waals surface area (Å²) >= 11 is 1.48. The molecule has 0 aliphatic heterocycles. The van der Waals surface area contributed by atoms with Gasteiger partial charge in [-0.3, -0.25) is 4.79 Å². The van der Waals surface area contributed by atoms with Crippen LogP contribution < -0.4 is 0 Å². The molecule has 0 atom stereocenters. The summed E-state index contributed by atoms with van der Waals surface area (Å²) in [7, 11) is 0. The Morgan fingerprint density at radius 1 is 1.47 bits per heavy atom. The maximum atomic E-state index is 12.5. The van der Waals surface area contributed by atoms with E-state index < -0.39 is 18.9 Å². The zero-order valence-corrected chi connectivity index (χ0v) is 11.7. The minimum absolute atomic E-state index is 0.0912. The normalized spacial score (nSPS) is 10.8. The maximum absolute atomic E-state index is 12.5. The Morgan fingerprint density at radius 3 is 2.68 bits per heavy atom. The van der Waals surface area contributed by atoms with Crippen LogP contribution in [0.1, 0.15) is 15.9 Å². The summed E-state index contributed by atoms with van der Waals surface area (Å²) in [5, 5.41) is 8.87. The quantitative estimate of drug-likeness (QED) is 0.818. The predicted octanol–water partition coefficient (Wildman–Crippen LogP) is 2.42. The molecular formula is C13H17F2NO2S. The summed E-state index contributed by atoms with van der Waals surface area (Å²) in [6, 6.07) is 5.36. The van der Waals surface area contributed by atoms with E-state index in [2.05, 4.69) is 0 Å². The number of benzene rings is 1. The zero-order chi connectivity index (χ0) is 14.4. The number of amides is 1. The topological polar surface area (TPSA) is 40.5 Å². The fraction of sp³-hybridized carbons (Fsp3) is 0.462. The Bertz CT molecular complexity index is 441. The van der Waals surface area contributed by atoms with E-state index in [9.17, 15) is 13.6 Å². The van der Waals surface area contributed by atoms with Gasteiger partial charge in [0.15, 0.2) is 0 Å². The summed E-state index contributed by atoms with van der Waals surface area (Å²) in [6.45, 7) is 0.672. The third kappa shape index (κ3) is 4.47. The highest BCUT2D eigenvalue weighted by molar-refractivity contribution is 7.98. The van der Waals surface area contributed by atoms with Crippen molar-refractivity contribution in [1.29, 1.82) is 0 Å². The molecule has 106 valence electrons. The number of aliphatic hydroxyl groups is 1. The third-order valence-corrected chi connectivity index (χ3v) is 3.42. The number of nitrogens with zero attached hydrogens (tertiary/aromatic N) is 1. The van der Waals surface area contributed by atoms with E-state index in [0.29, 0.717) is 5.56 Å². The Hall–Kier alpha value is -1.14. The molecule has 3 nitrogen and oxygen atoms in total. The van der Waals surface area contributed by atoms with Gasteiger partial charge >= 0.3 is 0 Å². The lowest BCUT2D eigenvalue weighted by atomic mass is 10.1. The Balaban J connectivity index is 3.01. The summed E-state index contributed by atoms with van der Waals surface area (Å²) in [5.41, 5.74) is 1.14. The van der Waals surface area contributed by atoms with Gasteiger partial charge < -0.3 is 10.0 Å².